The van der Waals surface area contributed by atoms with Crippen LogP contribution in [0.4, 0.5) is 5.82 Å². The van der Waals surface area contributed by atoms with E-state index >= 15 is 0 Å². The molecule has 1 unspecified atom stereocenters. The van der Waals surface area contributed by atoms with E-state index in [1.807, 2.05) is 20.0 Å². The molecule has 2 fully saturated rings. The summed E-state index contributed by atoms with van der Waals surface area (Å²) in [4.78, 5) is 11.4. The Balaban J connectivity index is 1.77. The van der Waals surface area contributed by atoms with Crippen molar-refractivity contribution in [3.63, 3.8) is 0 Å². The van der Waals surface area contributed by atoms with Gasteiger partial charge in [0.25, 0.3) is 0 Å². The van der Waals surface area contributed by atoms with E-state index in [4.69, 9.17) is 0 Å². The Morgan fingerprint density at radius 3 is 2.80 bits per heavy atom. The molecule has 1 saturated carbocycles. The van der Waals surface area contributed by atoms with Gasteiger partial charge in [0.15, 0.2) is 0 Å². The monoisotopic (exact) mass is 275 g/mol. The summed E-state index contributed by atoms with van der Waals surface area (Å²) >= 11 is 0. The van der Waals surface area contributed by atoms with E-state index in [0.29, 0.717) is 6.61 Å². The quantitative estimate of drug-likeness (QED) is 0.917. The Labute approximate surface area is 121 Å². The predicted octanol–water partition coefficient (Wildman–Crippen LogP) is 2.47. The molecule has 0 aromatic carbocycles. The fourth-order valence-electron chi connectivity index (χ4n) is 3.38. The number of aromatic nitrogens is 2. The Morgan fingerprint density at radius 2 is 2.15 bits per heavy atom. The van der Waals surface area contributed by atoms with Crippen LogP contribution in [-0.2, 0) is 0 Å². The van der Waals surface area contributed by atoms with Gasteiger partial charge in [0.2, 0.25) is 0 Å². The summed E-state index contributed by atoms with van der Waals surface area (Å²) in [6.45, 7) is 6.27. The van der Waals surface area contributed by atoms with Gasteiger partial charge in [-0.3, -0.25) is 4.98 Å². The Bertz CT molecular complexity index is 487. The van der Waals surface area contributed by atoms with Crippen molar-refractivity contribution in [2.75, 3.05) is 24.6 Å². The van der Waals surface area contributed by atoms with Gasteiger partial charge in [-0.1, -0.05) is 12.8 Å². The Morgan fingerprint density at radius 1 is 1.35 bits per heavy atom. The first-order valence-electron chi connectivity index (χ1n) is 7.78. The van der Waals surface area contributed by atoms with Gasteiger partial charge < -0.3 is 10.0 Å². The number of aliphatic hydroxyl groups is 1. The summed E-state index contributed by atoms with van der Waals surface area (Å²) in [7, 11) is 0. The number of nitrogens with zero attached hydrogens (tertiary/aromatic N) is 3. The molecule has 4 nitrogen and oxygen atoms in total. The van der Waals surface area contributed by atoms with E-state index in [1.165, 1.54) is 19.3 Å². The zero-order chi connectivity index (χ0) is 14.2. The van der Waals surface area contributed by atoms with E-state index in [1.54, 1.807) is 0 Å². The van der Waals surface area contributed by atoms with Gasteiger partial charge in [-0.15, -0.1) is 0 Å². The van der Waals surface area contributed by atoms with Crippen molar-refractivity contribution >= 4 is 5.82 Å². The van der Waals surface area contributed by atoms with E-state index in [0.717, 1.165) is 49.1 Å². The second-order valence-corrected chi connectivity index (χ2v) is 6.73. The molecule has 4 heteroatoms. The standard InChI is InChI=1S/C16H25N3O/c1-12-13(2)18-15(9-17-12)19-7-3-6-16(10-19,11-20)8-14-4-5-14/h9,14,20H,3-8,10-11H2,1-2H3. The van der Waals surface area contributed by atoms with E-state index < -0.39 is 0 Å². The second kappa shape index (κ2) is 5.32. The zero-order valence-electron chi connectivity index (χ0n) is 12.6. The smallest absolute Gasteiger partial charge is 0.147 e. The zero-order valence-corrected chi connectivity index (χ0v) is 12.6. The maximum absolute atomic E-state index is 9.92. The summed E-state index contributed by atoms with van der Waals surface area (Å²) in [5.41, 5.74) is 2.09. The van der Waals surface area contributed by atoms with Gasteiger partial charge in [0, 0.05) is 18.5 Å². The summed E-state index contributed by atoms with van der Waals surface area (Å²) in [5, 5.41) is 9.92. The number of piperidine rings is 1. The van der Waals surface area contributed by atoms with Gasteiger partial charge in [0.1, 0.15) is 5.82 Å². The lowest BCUT2D eigenvalue weighted by Gasteiger charge is -2.42. The van der Waals surface area contributed by atoms with Crippen LogP contribution in [-0.4, -0.2) is 34.8 Å². The molecule has 20 heavy (non-hydrogen) atoms. The molecule has 110 valence electrons. The molecule has 3 rings (SSSR count). The molecule has 1 aliphatic heterocycles. The van der Waals surface area contributed by atoms with E-state index in [-0.39, 0.29) is 5.41 Å². The molecule has 1 atom stereocenters. The molecular formula is C16H25N3O. The normalized spacial score (nSPS) is 26.9. The average molecular weight is 275 g/mol. The van der Waals surface area contributed by atoms with Gasteiger partial charge in [0.05, 0.1) is 24.2 Å². The highest BCUT2D eigenvalue weighted by Crippen LogP contribution is 2.44. The van der Waals surface area contributed by atoms with Crippen molar-refractivity contribution < 1.29 is 5.11 Å². The van der Waals surface area contributed by atoms with Crippen LogP contribution in [0.5, 0.6) is 0 Å². The van der Waals surface area contributed by atoms with Crippen LogP contribution in [0.1, 0.15) is 43.5 Å². The van der Waals surface area contributed by atoms with Crippen molar-refractivity contribution in [2.45, 2.75) is 46.0 Å². The van der Waals surface area contributed by atoms with Crippen LogP contribution in [0.2, 0.25) is 0 Å². The Hall–Kier alpha value is -1.16. The summed E-state index contributed by atoms with van der Waals surface area (Å²) in [6, 6.07) is 0. The summed E-state index contributed by atoms with van der Waals surface area (Å²) < 4.78 is 0. The summed E-state index contributed by atoms with van der Waals surface area (Å²) in [6.07, 6.45) is 8.05. The third-order valence-corrected chi connectivity index (χ3v) is 4.92. The lowest BCUT2D eigenvalue weighted by Crippen LogP contribution is -2.46. The fraction of sp³-hybridized carbons (Fsp3) is 0.750. The van der Waals surface area contributed by atoms with Crippen LogP contribution < -0.4 is 4.90 Å². The molecule has 0 bridgehead atoms. The van der Waals surface area contributed by atoms with Crippen molar-refractivity contribution in [2.24, 2.45) is 11.3 Å². The third-order valence-electron chi connectivity index (χ3n) is 4.92. The lowest BCUT2D eigenvalue weighted by molar-refractivity contribution is 0.0901. The number of aliphatic hydroxyl groups excluding tert-OH is 1. The third kappa shape index (κ3) is 2.80. The van der Waals surface area contributed by atoms with E-state index in [2.05, 4.69) is 14.9 Å². The highest BCUT2D eigenvalue weighted by atomic mass is 16.3. The SMILES string of the molecule is Cc1ncc(N2CCCC(CO)(CC3CC3)C2)nc1C. The lowest BCUT2D eigenvalue weighted by atomic mass is 9.76. The van der Waals surface area contributed by atoms with E-state index in [9.17, 15) is 5.11 Å². The van der Waals surface area contributed by atoms with Crippen molar-refractivity contribution in [3.05, 3.63) is 17.6 Å². The fourth-order valence-corrected chi connectivity index (χ4v) is 3.38. The van der Waals surface area contributed by atoms with Gasteiger partial charge >= 0.3 is 0 Å². The van der Waals surface area contributed by atoms with Gasteiger partial charge in [-0.05, 0) is 39.0 Å². The molecule has 1 aliphatic carbocycles. The molecular weight excluding hydrogens is 250 g/mol. The van der Waals surface area contributed by atoms with Crippen LogP contribution >= 0.6 is 0 Å². The van der Waals surface area contributed by atoms with Crippen LogP contribution in [0.25, 0.3) is 0 Å². The largest absolute Gasteiger partial charge is 0.396 e. The topological polar surface area (TPSA) is 49.2 Å². The minimum Gasteiger partial charge on any atom is -0.396 e. The van der Waals surface area contributed by atoms with Crippen molar-refractivity contribution in [1.82, 2.24) is 9.97 Å². The molecule has 1 N–H and O–H groups in total. The van der Waals surface area contributed by atoms with Crippen LogP contribution in [0, 0.1) is 25.2 Å². The number of aryl methyl sites for hydroxylation is 2. The highest BCUT2D eigenvalue weighted by Gasteiger charge is 2.40. The van der Waals surface area contributed by atoms with Gasteiger partial charge in [-0.25, -0.2) is 4.98 Å². The maximum atomic E-state index is 9.92. The maximum Gasteiger partial charge on any atom is 0.147 e. The summed E-state index contributed by atoms with van der Waals surface area (Å²) in [5.74, 6) is 1.83. The molecule has 1 saturated heterocycles. The first-order chi connectivity index (χ1) is 9.62. The number of hydrogen-bond donors (Lipinski definition) is 1. The number of rotatable bonds is 4. The first kappa shape index (κ1) is 13.8. The first-order valence-corrected chi connectivity index (χ1v) is 7.78. The average Bonchev–Trinajstić information content (AvgIpc) is 3.26. The second-order valence-electron chi connectivity index (χ2n) is 6.73. The highest BCUT2D eigenvalue weighted by molar-refractivity contribution is 5.38. The van der Waals surface area contributed by atoms with Crippen LogP contribution in [0.3, 0.4) is 0 Å². The molecule has 0 radical (unpaired) electrons. The van der Waals surface area contributed by atoms with Crippen molar-refractivity contribution in [1.29, 1.82) is 0 Å². The minimum absolute atomic E-state index is 0.0832. The number of anilines is 1. The molecule has 1 aromatic rings. The Kier molecular flexibility index (Phi) is 3.67. The molecule has 2 heterocycles. The van der Waals surface area contributed by atoms with Crippen molar-refractivity contribution in [3.8, 4) is 0 Å². The number of hydrogen-bond acceptors (Lipinski definition) is 4. The molecule has 1 aromatic heterocycles. The molecule has 0 spiro atoms. The van der Waals surface area contributed by atoms with Crippen LogP contribution in [0.15, 0.2) is 6.20 Å². The molecule has 2 aliphatic rings. The van der Waals surface area contributed by atoms with Gasteiger partial charge in [-0.2, -0.15) is 0 Å². The predicted molar refractivity (Wildman–Crippen MR) is 79.8 cm³/mol. The minimum atomic E-state index is 0.0832. The molecule has 0 amide bonds.